The number of carbonyl (C=O) groups excluding carboxylic acids is 1. The average molecular weight is 278 g/mol. The number of carbonyl (C=O) groups is 1. The van der Waals surface area contributed by atoms with Gasteiger partial charge in [-0.3, -0.25) is 0 Å². The lowest BCUT2D eigenvalue weighted by Crippen LogP contribution is -2.50. The normalized spacial score (nSPS) is 42.5. The van der Waals surface area contributed by atoms with Gasteiger partial charge in [-0.25, -0.2) is 4.79 Å². The van der Waals surface area contributed by atoms with Crippen molar-refractivity contribution >= 4 is 5.97 Å². The van der Waals surface area contributed by atoms with Crippen LogP contribution in [0.5, 0.6) is 0 Å². The second-order valence-corrected chi connectivity index (χ2v) is 7.50. The molecule has 2 aliphatic carbocycles. The molecule has 4 atom stereocenters. The van der Waals surface area contributed by atoms with E-state index >= 15 is 0 Å². The van der Waals surface area contributed by atoms with E-state index in [9.17, 15) is 4.79 Å². The Morgan fingerprint density at radius 1 is 1.35 bits per heavy atom. The summed E-state index contributed by atoms with van der Waals surface area (Å²) in [7, 11) is 0. The summed E-state index contributed by atoms with van der Waals surface area (Å²) >= 11 is 0. The predicted molar refractivity (Wildman–Crippen MR) is 76.9 cm³/mol. The lowest BCUT2D eigenvalue weighted by Gasteiger charge is -2.55. The molecule has 20 heavy (non-hydrogen) atoms. The molecular formula is C17H26O3. The SMILES string of the molecule is CCO[C@@H]1OC(=O)C2=CC[C@H]3C(C)(C)CCC[C@]3(C)[C@H]21. The second-order valence-electron chi connectivity index (χ2n) is 7.50. The first-order valence-corrected chi connectivity index (χ1v) is 7.93. The number of esters is 1. The number of allylic oxidation sites excluding steroid dienone is 1. The molecule has 0 amide bonds. The Morgan fingerprint density at radius 2 is 2.10 bits per heavy atom. The van der Waals surface area contributed by atoms with Gasteiger partial charge in [0.25, 0.3) is 0 Å². The zero-order valence-electron chi connectivity index (χ0n) is 13.1. The van der Waals surface area contributed by atoms with E-state index in [-0.39, 0.29) is 23.6 Å². The molecule has 3 aliphatic rings. The molecule has 3 nitrogen and oxygen atoms in total. The van der Waals surface area contributed by atoms with E-state index in [4.69, 9.17) is 9.47 Å². The highest BCUT2D eigenvalue weighted by atomic mass is 16.7. The van der Waals surface area contributed by atoms with Gasteiger partial charge >= 0.3 is 5.97 Å². The van der Waals surface area contributed by atoms with Gasteiger partial charge in [-0.05, 0) is 42.9 Å². The first-order valence-electron chi connectivity index (χ1n) is 7.93. The van der Waals surface area contributed by atoms with Crippen LogP contribution in [0.1, 0.15) is 53.4 Å². The summed E-state index contributed by atoms with van der Waals surface area (Å²) in [4.78, 5) is 12.1. The highest BCUT2D eigenvalue weighted by Gasteiger charge is 2.59. The van der Waals surface area contributed by atoms with Crippen molar-refractivity contribution in [1.82, 2.24) is 0 Å². The lowest BCUT2D eigenvalue weighted by molar-refractivity contribution is -0.181. The van der Waals surface area contributed by atoms with Gasteiger partial charge in [-0.1, -0.05) is 33.3 Å². The molecule has 0 unspecified atom stereocenters. The largest absolute Gasteiger partial charge is 0.432 e. The third kappa shape index (κ3) is 1.86. The first-order chi connectivity index (χ1) is 9.40. The fraction of sp³-hybridized carbons (Fsp3) is 0.824. The predicted octanol–water partition coefficient (Wildman–Crippen LogP) is 3.68. The topological polar surface area (TPSA) is 35.5 Å². The Kier molecular flexibility index (Phi) is 3.24. The zero-order valence-corrected chi connectivity index (χ0v) is 13.1. The van der Waals surface area contributed by atoms with Crippen molar-refractivity contribution in [2.45, 2.75) is 59.7 Å². The van der Waals surface area contributed by atoms with E-state index in [2.05, 4.69) is 26.8 Å². The van der Waals surface area contributed by atoms with Crippen molar-refractivity contribution in [3.63, 3.8) is 0 Å². The minimum Gasteiger partial charge on any atom is -0.432 e. The summed E-state index contributed by atoms with van der Waals surface area (Å²) in [5.74, 6) is 0.569. The smallest absolute Gasteiger partial charge is 0.336 e. The monoisotopic (exact) mass is 278 g/mol. The van der Waals surface area contributed by atoms with Crippen LogP contribution >= 0.6 is 0 Å². The maximum atomic E-state index is 12.1. The Balaban J connectivity index is 2.02. The van der Waals surface area contributed by atoms with Crippen LogP contribution in [0.2, 0.25) is 0 Å². The maximum Gasteiger partial charge on any atom is 0.336 e. The molecule has 0 radical (unpaired) electrons. The van der Waals surface area contributed by atoms with Crippen LogP contribution in [-0.2, 0) is 14.3 Å². The molecule has 3 heteroatoms. The van der Waals surface area contributed by atoms with Gasteiger partial charge in [0, 0.05) is 12.2 Å². The van der Waals surface area contributed by atoms with Gasteiger partial charge in [0.05, 0.1) is 5.92 Å². The molecular weight excluding hydrogens is 252 g/mol. The number of fused-ring (bicyclic) bond motifs is 3. The van der Waals surface area contributed by atoms with Crippen LogP contribution in [-0.4, -0.2) is 18.9 Å². The maximum absolute atomic E-state index is 12.1. The zero-order chi connectivity index (χ0) is 14.5. The number of rotatable bonds is 2. The summed E-state index contributed by atoms with van der Waals surface area (Å²) in [5.41, 5.74) is 1.33. The van der Waals surface area contributed by atoms with Gasteiger partial charge in [-0.15, -0.1) is 0 Å². The minimum atomic E-state index is -0.375. The van der Waals surface area contributed by atoms with Crippen LogP contribution in [0.4, 0.5) is 0 Å². The average Bonchev–Trinajstić information content (AvgIpc) is 2.67. The molecule has 1 saturated heterocycles. The molecule has 112 valence electrons. The minimum absolute atomic E-state index is 0.119. The summed E-state index contributed by atoms with van der Waals surface area (Å²) in [6.07, 6.45) is 6.44. The number of hydrogen-bond donors (Lipinski definition) is 0. The molecule has 0 aromatic rings. The van der Waals surface area contributed by atoms with Crippen molar-refractivity contribution in [3.8, 4) is 0 Å². The Hall–Kier alpha value is -0.830. The van der Waals surface area contributed by atoms with Gasteiger partial charge in [-0.2, -0.15) is 0 Å². The van der Waals surface area contributed by atoms with Crippen LogP contribution in [0.15, 0.2) is 11.6 Å². The van der Waals surface area contributed by atoms with Gasteiger partial charge in [0.2, 0.25) is 6.29 Å². The quantitative estimate of drug-likeness (QED) is 0.723. The number of ether oxygens (including phenoxy) is 2. The Labute approximate surface area is 121 Å². The molecule has 0 bridgehead atoms. The van der Waals surface area contributed by atoms with Crippen molar-refractivity contribution in [3.05, 3.63) is 11.6 Å². The molecule has 3 rings (SSSR count). The van der Waals surface area contributed by atoms with Crippen LogP contribution in [0.25, 0.3) is 0 Å². The lowest BCUT2D eigenvalue weighted by atomic mass is 9.49. The molecule has 0 spiro atoms. The molecule has 1 aliphatic heterocycles. The molecule has 2 fully saturated rings. The first kappa shape index (κ1) is 14.1. The summed E-state index contributed by atoms with van der Waals surface area (Å²) in [5, 5.41) is 0. The van der Waals surface area contributed by atoms with E-state index in [0.29, 0.717) is 17.9 Å². The fourth-order valence-electron chi connectivity index (χ4n) is 5.06. The number of cyclic esters (lactones) is 1. The van der Waals surface area contributed by atoms with Crippen molar-refractivity contribution in [1.29, 1.82) is 0 Å². The van der Waals surface area contributed by atoms with E-state index < -0.39 is 0 Å². The highest BCUT2D eigenvalue weighted by molar-refractivity contribution is 5.91. The van der Waals surface area contributed by atoms with E-state index in [0.717, 1.165) is 12.0 Å². The van der Waals surface area contributed by atoms with Crippen LogP contribution < -0.4 is 0 Å². The Bertz CT molecular complexity index is 451. The molecule has 1 heterocycles. The highest BCUT2D eigenvalue weighted by Crippen LogP contribution is 2.62. The summed E-state index contributed by atoms with van der Waals surface area (Å²) in [6.45, 7) is 9.65. The number of hydrogen-bond acceptors (Lipinski definition) is 3. The van der Waals surface area contributed by atoms with Gasteiger partial charge in [0.1, 0.15) is 0 Å². The van der Waals surface area contributed by atoms with E-state index in [1.807, 2.05) is 6.92 Å². The van der Waals surface area contributed by atoms with E-state index in [1.54, 1.807) is 0 Å². The molecule has 0 N–H and O–H groups in total. The van der Waals surface area contributed by atoms with Crippen molar-refractivity contribution in [2.24, 2.45) is 22.7 Å². The fourth-order valence-corrected chi connectivity index (χ4v) is 5.06. The van der Waals surface area contributed by atoms with Crippen molar-refractivity contribution < 1.29 is 14.3 Å². The summed E-state index contributed by atoms with van der Waals surface area (Å²) in [6, 6.07) is 0. The third-order valence-corrected chi connectivity index (χ3v) is 5.96. The molecule has 0 aromatic carbocycles. The standard InChI is InChI=1S/C17H26O3/c1-5-19-15-13-11(14(18)20-15)7-8-12-16(2,3)9-6-10-17(12,13)4/h7,12-13,15H,5-6,8-10H2,1-4H3/t12-,13+,15+,17-/m0/s1. The van der Waals surface area contributed by atoms with E-state index in [1.165, 1.54) is 19.3 Å². The Morgan fingerprint density at radius 3 is 2.80 bits per heavy atom. The molecule has 1 saturated carbocycles. The van der Waals surface area contributed by atoms with Gasteiger partial charge in [0.15, 0.2) is 0 Å². The van der Waals surface area contributed by atoms with Gasteiger partial charge < -0.3 is 9.47 Å². The van der Waals surface area contributed by atoms with Crippen LogP contribution in [0, 0.1) is 22.7 Å². The second kappa shape index (κ2) is 4.59. The van der Waals surface area contributed by atoms with Crippen LogP contribution in [0.3, 0.4) is 0 Å². The third-order valence-electron chi connectivity index (χ3n) is 5.96. The van der Waals surface area contributed by atoms with Crippen molar-refractivity contribution in [2.75, 3.05) is 6.61 Å². The summed E-state index contributed by atoms with van der Waals surface area (Å²) < 4.78 is 11.2. The molecule has 0 aromatic heterocycles.